The second-order valence-electron chi connectivity index (χ2n) is 6.99. The Kier molecular flexibility index (Phi) is 3.46. The molecular weight excluding hydrogens is 297 g/mol. The van der Waals surface area contributed by atoms with Gasteiger partial charge in [0.05, 0.1) is 12.0 Å². The predicted molar refractivity (Wildman–Crippen MR) is 82.6 cm³/mol. The van der Waals surface area contributed by atoms with Crippen LogP contribution in [0.2, 0.25) is 0 Å². The second-order valence-corrected chi connectivity index (χ2v) is 6.99. The molecule has 0 bridgehead atoms. The minimum absolute atomic E-state index is 0.0250. The Labute approximate surface area is 135 Å². The van der Waals surface area contributed by atoms with Gasteiger partial charge in [0, 0.05) is 25.8 Å². The third kappa shape index (κ3) is 2.21. The highest BCUT2D eigenvalue weighted by Gasteiger charge is 2.59. The molecule has 3 aliphatic rings. The summed E-state index contributed by atoms with van der Waals surface area (Å²) in [5.41, 5.74) is -0.504. The molecule has 124 valence electrons. The zero-order valence-corrected chi connectivity index (χ0v) is 13.4. The highest BCUT2D eigenvalue weighted by atomic mass is 19.1. The van der Waals surface area contributed by atoms with Gasteiger partial charge in [-0.15, -0.1) is 0 Å². The van der Waals surface area contributed by atoms with Gasteiger partial charge in [-0.3, -0.25) is 4.79 Å². The van der Waals surface area contributed by atoms with Gasteiger partial charge in [-0.25, -0.2) is 4.39 Å². The topological polar surface area (TPSA) is 38.8 Å². The van der Waals surface area contributed by atoms with Crippen molar-refractivity contribution >= 4 is 5.91 Å². The molecule has 2 saturated heterocycles. The average molecular weight is 319 g/mol. The standard InChI is InChI=1S/C18H22FNO3/c1-22-15-11-20(12-18(15)7-4-10-23-18)16(21)17(8-9-17)13-5-2-3-6-14(13)19/h2-3,5-6,15H,4,7-12H2,1H3/t15-,18-/m0/s1. The Morgan fingerprint density at radius 3 is 2.74 bits per heavy atom. The van der Waals surface area contributed by atoms with Crippen LogP contribution in [0.3, 0.4) is 0 Å². The Hall–Kier alpha value is -1.46. The average Bonchev–Trinajstić information content (AvgIpc) is 3.09. The van der Waals surface area contributed by atoms with E-state index in [4.69, 9.17) is 9.47 Å². The number of halogens is 1. The lowest BCUT2D eigenvalue weighted by Crippen LogP contribution is -2.43. The Bertz CT molecular complexity index is 622. The molecule has 1 aliphatic carbocycles. The first-order chi connectivity index (χ1) is 11.1. The molecule has 1 aromatic carbocycles. The fourth-order valence-electron chi connectivity index (χ4n) is 4.27. The van der Waals surface area contributed by atoms with Crippen LogP contribution in [0.25, 0.3) is 0 Å². The first-order valence-corrected chi connectivity index (χ1v) is 8.32. The van der Waals surface area contributed by atoms with Gasteiger partial charge in [0.1, 0.15) is 17.5 Å². The maximum absolute atomic E-state index is 14.2. The predicted octanol–water partition coefficient (Wildman–Crippen LogP) is 2.26. The van der Waals surface area contributed by atoms with Crippen LogP contribution in [0.15, 0.2) is 24.3 Å². The Morgan fingerprint density at radius 2 is 2.13 bits per heavy atom. The van der Waals surface area contributed by atoms with Gasteiger partial charge in [-0.05, 0) is 31.7 Å². The zero-order chi connectivity index (χ0) is 16.1. The van der Waals surface area contributed by atoms with Crippen molar-refractivity contribution in [2.24, 2.45) is 0 Å². The molecule has 2 heterocycles. The molecule has 1 saturated carbocycles. The third-order valence-electron chi connectivity index (χ3n) is 5.69. The van der Waals surface area contributed by atoms with Crippen molar-refractivity contribution in [1.82, 2.24) is 4.90 Å². The van der Waals surface area contributed by atoms with Crippen LogP contribution in [0, 0.1) is 5.82 Å². The number of methoxy groups -OCH3 is 1. The molecule has 1 aromatic rings. The van der Waals surface area contributed by atoms with E-state index in [0.29, 0.717) is 18.7 Å². The van der Waals surface area contributed by atoms with Gasteiger partial charge >= 0.3 is 0 Å². The highest BCUT2D eigenvalue weighted by molar-refractivity contribution is 5.91. The van der Waals surface area contributed by atoms with Crippen LogP contribution < -0.4 is 0 Å². The molecule has 0 radical (unpaired) electrons. The number of benzene rings is 1. The van der Waals surface area contributed by atoms with E-state index in [1.54, 1.807) is 25.3 Å². The number of nitrogens with zero attached hydrogens (tertiary/aromatic N) is 1. The van der Waals surface area contributed by atoms with E-state index < -0.39 is 5.41 Å². The van der Waals surface area contributed by atoms with Crippen molar-refractivity contribution < 1.29 is 18.7 Å². The number of likely N-dealkylation sites (tertiary alicyclic amines) is 1. The van der Waals surface area contributed by atoms with Gasteiger partial charge in [-0.1, -0.05) is 18.2 Å². The van der Waals surface area contributed by atoms with Crippen molar-refractivity contribution in [2.75, 3.05) is 26.8 Å². The molecule has 5 heteroatoms. The van der Waals surface area contributed by atoms with Crippen molar-refractivity contribution in [1.29, 1.82) is 0 Å². The molecule has 2 atom stereocenters. The minimum atomic E-state index is -0.673. The maximum Gasteiger partial charge on any atom is 0.233 e. The first-order valence-electron chi connectivity index (χ1n) is 8.32. The summed E-state index contributed by atoms with van der Waals surface area (Å²) in [6, 6.07) is 6.64. The van der Waals surface area contributed by atoms with E-state index in [1.165, 1.54) is 6.07 Å². The summed E-state index contributed by atoms with van der Waals surface area (Å²) < 4.78 is 25.7. The highest BCUT2D eigenvalue weighted by Crippen LogP contribution is 2.51. The van der Waals surface area contributed by atoms with Crippen LogP contribution in [0.5, 0.6) is 0 Å². The quantitative estimate of drug-likeness (QED) is 0.858. The van der Waals surface area contributed by atoms with Crippen LogP contribution in [0.4, 0.5) is 4.39 Å². The molecule has 1 amide bonds. The number of carbonyl (C=O) groups is 1. The van der Waals surface area contributed by atoms with Crippen LogP contribution in [0.1, 0.15) is 31.2 Å². The summed E-state index contributed by atoms with van der Waals surface area (Å²) in [4.78, 5) is 15.0. The number of hydrogen-bond acceptors (Lipinski definition) is 3. The molecule has 0 N–H and O–H groups in total. The Balaban J connectivity index is 1.59. The minimum Gasteiger partial charge on any atom is -0.377 e. The van der Waals surface area contributed by atoms with Crippen LogP contribution in [-0.2, 0) is 19.7 Å². The van der Waals surface area contributed by atoms with E-state index in [-0.39, 0.29) is 23.4 Å². The van der Waals surface area contributed by atoms with Crippen molar-refractivity contribution in [3.05, 3.63) is 35.6 Å². The second kappa shape index (κ2) is 5.28. The molecule has 4 rings (SSSR count). The summed E-state index contributed by atoms with van der Waals surface area (Å²) in [5.74, 6) is -0.260. The van der Waals surface area contributed by atoms with Crippen LogP contribution in [-0.4, -0.2) is 49.3 Å². The third-order valence-corrected chi connectivity index (χ3v) is 5.69. The first kappa shape index (κ1) is 15.1. The van der Waals surface area contributed by atoms with Crippen LogP contribution >= 0.6 is 0 Å². The zero-order valence-electron chi connectivity index (χ0n) is 13.4. The summed E-state index contributed by atoms with van der Waals surface area (Å²) >= 11 is 0. The normalized spacial score (nSPS) is 31.7. The molecule has 4 nitrogen and oxygen atoms in total. The number of amides is 1. The maximum atomic E-state index is 14.2. The molecular formula is C18H22FNO3. The van der Waals surface area contributed by atoms with E-state index in [1.807, 2.05) is 4.90 Å². The molecule has 0 aromatic heterocycles. The van der Waals surface area contributed by atoms with E-state index in [2.05, 4.69) is 0 Å². The van der Waals surface area contributed by atoms with Crippen molar-refractivity contribution in [3.63, 3.8) is 0 Å². The summed E-state index contributed by atoms with van der Waals surface area (Å²) in [5, 5.41) is 0. The van der Waals surface area contributed by atoms with Gasteiger partial charge in [-0.2, -0.15) is 0 Å². The lowest BCUT2D eigenvalue weighted by atomic mass is 9.93. The molecule has 23 heavy (non-hydrogen) atoms. The van der Waals surface area contributed by atoms with Crippen molar-refractivity contribution in [2.45, 2.75) is 42.8 Å². The summed E-state index contributed by atoms with van der Waals surface area (Å²) in [6.45, 7) is 1.81. The monoisotopic (exact) mass is 319 g/mol. The van der Waals surface area contributed by atoms with E-state index in [0.717, 1.165) is 32.3 Å². The molecule has 0 unspecified atom stereocenters. The molecule has 3 fully saturated rings. The number of rotatable bonds is 3. The number of carbonyl (C=O) groups excluding carboxylic acids is 1. The largest absolute Gasteiger partial charge is 0.377 e. The summed E-state index contributed by atoms with van der Waals surface area (Å²) in [6.07, 6.45) is 3.26. The molecule has 1 spiro atoms. The van der Waals surface area contributed by atoms with Gasteiger partial charge in [0.2, 0.25) is 5.91 Å². The fourth-order valence-corrected chi connectivity index (χ4v) is 4.27. The van der Waals surface area contributed by atoms with Crippen molar-refractivity contribution in [3.8, 4) is 0 Å². The van der Waals surface area contributed by atoms with Gasteiger partial charge in [0.25, 0.3) is 0 Å². The molecule has 2 aliphatic heterocycles. The van der Waals surface area contributed by atoms with Gasteiger partial charge < -0.3 is 14.4 Å². The smallest absolute Gasteiger partial charge is 0.233 e. The van der Waals surface area contributed by atoms with E-state index in [9.17, 15) is 9.18 Å². The SMILES string of the molecule is CO[C@H]1CN(C(=O)C2(c3ccccc3F)CC2)C[C@@]12CCCO2. The van der Waals surface area contributed by atoms with Gasteiger partial charge in [0.15, 0.2) is 0 Å². The fraction of sp³-hybridized carbons (Fsp3) is 0.611. The number of hydrogen-bond donors (Lipinski definition) is 0. The Morgan fingerprint density at radius 1 is 1.35 bits per heavy atom. The number of ether oxygens (including phenoxy) is 2. The lowest BCUT2D eigenvalue weighted by molar-refractivity contribution is -0.134. The van der Waals surface area contributed by atoms with E-state index >= 15 is 0 Å². The summed E-state index contributed by atoms with van der Waals surface area (Å²) in [7, 11) is 1.67. The lowest BCUT2D eigenvalue weighted by Gasteiger charge is -2.28.